The van der Waals surface area contributed by atoms with Crippen LogP contribution in [0.15, 0.2) is 58.7 Å². The normalized spacial score (nSPS) is 18.1. The quantitative estimate of drug-likeness (QED) is 0.476. The van der Waals surface area contributed by atoms with E-state index in [2.05, 4.69) is 72.7 Å². The van der Waals surface area contributed by atoms with Crippen LogP contribution in [0.4, 0.5) is 0 Å². The van der Waals surface area contributed by atoms with Crippen LogP contribution in [0.5, 0.6) is 0 Å². The number of carbonyl (C=O) groups is 1. The molecule has 2 aromatic rings. The van der Waals surface area contributed by atoms with Crippen molar-refractivity contribution in [3.63, 3.8) is 0 Å². The van der Waals surface area contributed by atoms with E-state index in [1.165, 1.54) is 41.3 Å². The minimum absolute atomic E-state index is 0.000274. The van der Waals surface area contributed by atoms with Crippen molar-refractivity contribution >= 4 is 29.1 Å². The molecule has 0 aromatic heterocycles. The minimum Gasteiger partial charge on any atom is -0.303 e. The summed E-state index contributed by atoms with van der Waals surface area (Å²) in [5.74, 6) is 0.510. The molecule has 0 spiro atoms. The number of unbranched alkanes of at least 4 members (excludes halogenated alkanes) is 1. The Morgan fingerprint density at radius 2 is 1.76 bits per heavy atom. The number of amidine groups is 1. The van der Waals surface area contributed by atoms with Gasteiger partial charge in [-0.3, -0.25) is 4.79 Å². The fraction of sp³-hybridized carbons (Fsp3) is 0.375. The predicted molar refractivity (Wildman–Crippen MR) is 124 cm³/mol. The Balaban J connectivity index is 1.55. The number of thioether (sulfide) groups is 1. The zero-order valence-corrected chi connectivity index (χ0v) is 18.2. The number of rotatable bonds is 8. The number of benzene rings is 2. The highest BCUT2D eigenvalue weighted by atomic mass is 32.2. The van der Waals surface area contributed by atoms with Gasteiger partial charge in [0.25, 0.3) is 0 Å². The van der Waals surface area contributed by atoms with Gasteiger partial charge < -0.3 is 5.32 Å². The molecule has 0 radical (unpaired) electrons. The topological polar surface area (TPSA) is 53.8 Å². The number of amides is 1. The zero-order valence-electron chi connectivity index (χ0n) is 17.4. The van der Waals surface area contributed by atoms with Crippen LogP contribution in [0.3, 0.4) is 0 Å². The van der Waals surface area contributed by atoms with Gasteiger partial charge in [0.15, 0.2) is 5.17 Å². The lowest BCUT2D eigenvalue weighted by Crippen LogP contribution is -2.25. The van der Waals surface area contributed by atoms with Gasteiger partial charge in [0.1, 0.15) is 0 Å². The molecule has 1 aliphatic heterocycles. The maximum Gasteiger partial charge on any atom is 0.239 e. The molecule has 1 atom stereocenters. The van der Waals surface area contributed by atoms with E-state index in [0.717, 1.165) is 12.0 Å². The number of nitrogens with zero attached hydrogens (tertiary/aromatic N) is 2. The first-order valence-corrected chi connectivity index (χ1v) is 11.2. The molecule has 5 heteroatoms. The summed E-state index contributed by atoms with van der Waals surface area (Å²) in [6, 6.07) is 16.9. The van der Waals surface area contributed by atoms with Crippen molar-refractivity contribution < 1.29 is 4.79 Å². The second-order valence-corrected chi connectivity index (χ2v) is 8.88. The maximum absolute atomic E-state index is 12.3. The lowest BCUT2D eigenvalue weighted by atomic mass is 10.0. The summed E-state index contributed by atoms with van der Waals surface area (Å²) in [5.41, 5.74) is 4.83. The minimum atomic E-state index is -0.157. The zero-order chi connectivity index (χ0) is 20.6. The Hall–Kier alpha value is -2.40. The van der Waals surface area contributed by atoms with Crippen molar-refractivity contribution in [1.29, 1.82) is 0 Å². The van der Waals surface area contributed by atoms with Crippen molar-refractivity contribution in [1.82, 2.24) is 5.32 Å². The third-order valence-electron chi connectivity index (χ3n) is 5.00. The summed E-state index contributed by atoms with van der Waals surface area (Å²) in [4.78, 5) is 12.3. The van der Waals surface area contributed by atoms with Gasteiger partial charge >= 0.3 is 0 Å². The predicted octanol–water partition coefficient (Wildman–Crippen LogP) is 5.32. The van der Waals surface area contributed by atoms with E-state index in [1.54, 1.807) is 6.21 Å². The Morgan fingerprint density at radius 1 is 1.07 bits per heavy atom. The van der Waals surface area contributed by atoms with E-state index in [9.17, 15) is 4.79 Å². The van der Waals surface area contributed by atoms with Crippen molar-refractivity contribution in [3.05, 3.63) is 70.8 Å². The lowest BCUT2D eigenvalue weighted by Gasteiger charge is -2.06. The molecule has 1 heterocycles. The van der Waals surface area contributed by atoms with Crippen molar-refractivity contribution in [2.24, 2.45) is 10.2 Å². The summed E-state index contributed by atoms with van der Waals surface area (Å²) in [6.45, 7) is 6.55. The van der Waals surface area contributed by atoms with Crippen LogP contribution in [0, 0.1) is 0 Å². The van der Waals surface area contributed by atoms with Gasteiger partial charge in [-0.2, -0.15) is 5.10 Å². The van der Waals surface area contributed by atoms with Crippen molar-refractivity contribution in [3.8, 4) is 0 Å². The molecular weight excluding hydrogens is 378 g/mol. The fourth-order valence-corrected chi connectivity index (χ4v) is 4.10. The maximum atomic E-state index is 12.3. The van der Waals surface area contributed by atoms with E-state index >= 15 is 0 Å². The second kappa shape index (κ2) is 10.4. The van der Waals surface area contributed by atoms with Crippen LogP contribution in [0.25, 0.3) is 0 Å². The average molecular weight is 408 g/mol. The number of carbonyl (C=O) groups excluding carboxylic acids is 1. The van der Waals surface area contributed by atoms with Gasteiger partial charge in [0, 0.05) is 0 Å². The third kappa shape index (κ3) is 6.29. The average Bonchev–Trinajstić information content (AvgIpc) is 3.07. The third-order valence-corrected chi connectivity index (χ3v) is 6.07. The smallest absolute Gasteiger partial charge is 0.239 e. The summed E-state index contributed by atoms with van der Waals surface area (Å²) >= 11 is 1.45. The summed E-state index contributed by atoms with van der Waals surface area (Å²) in [7, 11) is 0. The Labute approximate surface area is 177 Å². The standard InChI is InChI=1S/C24H29N3OS/c1-4-5-6-18-7-9-19(10-8-18)15-22-23(28)26-24(29-22)27-25-16-20-11-13-21(14-12-20)17(2)3/h7-14,16-17,22H,4-6,15H2,1-3H3,(H,26,27,28)/b25-16-/t22-/m1/s1. The first-order chi connectivity index (χ1) is 14.0. The molecule has 1 fully saturated rings. The molecule has 0 bridgehead atoms. The highest BCUT2D eigenvalue weighted by molar-refractivity contribution is 8.15. The van der Waals surface area contributed by atoms with Gasteiger partial charge in [-0.05, 0) is 47.4 Å². The van der Waals surface area contributed by atoms with E-state index in [-0.39, 0.29) is 11.2 Å². The van der Waals surface area contributed by atoms with Crippen molar-refractivity contribution in [2.45, 2.75) is 57.6 Å². The van der Waals surface area contributed by atoms with Crippen LogP contribution in [0.2, 0.25) is 0 Å². The molecule has 1 N–H and O–H groups in total. The second-order valence-electron chi connectivity index (χ2n) is 7.69. The summed E-state index contributed by atoms with van der Waals surface area (Å²) in [6.07, 6.45) is 5.94. The highest BCUT2D eigenvalue weighted by Gasteiger charge is 2.30. The highest BCUT2D eigenvalue weighted by Crippen LogP contribution is 2.24. The Kier molecular flexibility index (Phi) is 7.64. The van der Waals surface area contributed by atoms with E-state index < -0.39 is 0 Å². The van der Waals surface area contributed by atoms with E-state index in [1.807, 2.05) is 12.1 Å². The Morgan fingerprint density at radius 3 is 2.41 bits per heavy atom. The largest absolute Gasteiger partial charge is 0.303 e. The van der Waals surface area contributed by atoms with Gasteiger partial charge in [-0.25, -0.2) is 0 Å². The molecule has 1 aliphatic rings. The summed E-state index contributed by atoms with van der Waals surface area (Å²) in [5, 5.41) is 11.6. The van der Waals surface area contributed by atoms with Crippen LogP contribution >= 0.6 is 11.8 Å². The van der Waals surface area contributed by atoms with E-state index in [4.69, 9.17) is 0 Å². The number of hydrogen-bond donors (Lipinski definition) is 1. The van der Waals surface area contributed by atoms with Gasteiger partial charge in [-0.1, -0.05) is 87.5 Å². The molecule has 152 valence electrons. The van der Waals surface area contributed by atoms with Crippen LogP contribution in [0.1, 0.15) is 61.8 Å². The molecule has 0 aliphatic carbocycles. The monoisotopic (exact) mass is 407 g/mol. The van der Waals surface area contributed by atoms with Gasteiger partial charge in [0.05, 0.1) is 11.5 Å². The molecule has 0 unspecified atom stereocenters. The molecule has 1 amide bonds. The number of hydrogen-bond acceptors (Lipinski definition) is 4. The van der Waals surface area contributed by atoms with Crippen LogP contribution in [-0.4, -0.2) is 22.5 Å². The molecule has 29 heavy (non-hydrogen) atoms. The first-order valence-electron chi connectivity index (χ1n) is 10.3. The van der Waals surface area contributed by atoms with Crippen molar-refractivity contribution in [2.75, 3.05) is 0 Å². The summed E-state index contributed by atoms with van der Waals surface area (Å²) < 4.78 is 0. The van der Waals surface area contributed by atoms with E-state index in [0.29, 0.717) is 17.5 Å². The number of nitrogens with one attached hydrogen (secondary N) is 1. The molecular formula is C24H29N3OS. The number of aryl methyl sites for hydroxylation is 1. The molecule has 2 aromatic carbocycles. The SMILES string of the molecule is CCCCc1ccc(C[C@H]2S/C(=N/N=C\c3ccc(C(C)C)cc3)NC2=O)cc1. The lowest BCUT2D eigenvalue weighted by molar-refractivity contribution is -0.118. The molecule has 1 saturated heterocycles. The molecule has 4 nitrogen and oxygen atoms in total. The van der Waals surface area contributed by atoms with Gasteiger partial charge in [-0.15, -0.1) is 5.10 Å². The molecule has 0 saturated carbocycles. The Bertz CT molecular complexity index is 870. The molecule has 3 rings (SSSR count). The fourth-order valence-electron chi connectivity index (χ4n) is 3.14. The van der Waals surface area contributed by atoms with Gasteiger partial charge in [0.2, 0.25) is 5.91 Å². The van der Waals surface area contributed by atoms with Crippen LogP contribution in [-0.2, 0) is 17.6 Å². The van der Waals surface area contributed by atoms with Crippen LogP contribution < -0.4 is 5.32 Å². The first kappa shape index (κ1) is 21.3.